The van der Waals surface area contributed by atoms with Gasteiger partial charge in [-0.1, -0.05) is 50.2 Å². The van der Waals surface area contributed by atoms with Gasteiger partial charge in [0.1, 0.15) is 18.5 Å². The molecule has 2 aromatic carbocycles. The van der Waals surface area contributed by atoms with Crippen LogP contribution in [-0.4, -0.2) is 125 Å². The predicted molar refractivity (Wildman–Crippen MR) is 159 cm³/mol. The monoisotopic (exact) mass is 581 g/mol. The SMILES string of the molecule is COCCOCCOCCOCCOCCOCCOCCO[C@@H](CNC(C)C)COc1cccc2ccccc12. The Morgan fingerprint density at radius 2 is 1.07 bits per heavy atom. The van der Waals surface area contributed by atoms with Gasteiger partial charge in [0.25, 0.3) is 0 Å². The summed E-state index contributed by atoms with van der Waals surface area (Å²) in [6, 6.07) is 14.7. The lowest BCUT2D eigenvalue weighted by molar-refractivity contribution is -0.0334. The minimum Gasteiger partial charge on any atom is -0.490 e. The fourth-order valence-electron chi connectivity index (χ4n) is 3.65. The van der Waals surface area contributed by atoms with Crippen molar-refractivity contribution in [1.82, 2.24) is 5.32 Å². The predicted octanol–water partition coefficient (Wildman–Crippen LogP) is 3.35. The van der Waals surface area contributed by atoms with E-state index < -0.39 is 0 Å². The highest BCUT2D eigenvalue weighted by atomic mass is 16.6. The number of fused-ring (bicyclic) bond motifs is 1. The standard InChI is InChI=1S/C31H51NO9/c1-27(2)32-25-29(26-41-31-10-6-8-28-7-4-5-9-30(28)31)40-24-23-39-22-21-38-20-19-37-18-17-36-16-15-35-14-13-34-12-11-33-3/h4-10,27,29,32H,11-26H2,1-3H3/t29-/m0/s1. The van der Waals surface area contributed by atoms with Gasteiger partial charge < -0.3 is 47.9 Å². The number of nitrogens with one attached hydrogen (secondary N) is 1. The Kier molecular flexibility index (Phi) is 21.3. The maximum absolute atomic E-state index is 6.15. The van der Waals surface area contributed by atoms with Crippen LogP contribution in [0.25, 0.3) is 10.8 Å². The van der Waals surface area contributed by atoms with Gasteiger partial charge in [0, 0.05) is 25.1 Å². The molecule has 0 saturated heterocycles. The highest BCUT2D eigenvalue weighted by Gasteiger charge is 2.12. The molecule has 0 fully saturated rings. The number of hydrogen-bond acceptors (Lipinski definition) is 10. The molecule has 0 aliphatic heterocycles. The van der Waals surface area contributed by atoms with Gasteiger partial charge >= 0.3 is 0 Å². The van der Waals surface area contributed by atoms with E-state index in [1.807, 2.05) is 24.3 Å². The number of ether oxygens (including phenoxy) is 9. The summed E-state index contributed by atoms with van der Waals surface area (Å²) in [5.74, 6) is 0.868. The molecule has 0 amide bonds. The Morgan fingerprint density at radius 3 is 1.61 bits per heavy atom. The molecule has 10 nitrogen and oxygen atoms in total. The third kappa shape index (κ3) is 18.3. The van der Waals surface area contributed by atoms with Crippen LogP contribution >= 0.6 is 0 Å². The molecule has 41 heavy (non-hydrogen) atoms. The van der Waals surface area contributed by atoms with Crippen molar-refractivity contribution in [2.75, 3.05) is 113 Å². The molecular weight excluding hydrogens is 530 g/mol. The third-order valence-corrected chi connectivity index (χ3v) is 5.80. The van der Waals surface area contributed by atoms with Crippen molar-refractivity contribution in [2.45, 2.75) is 26.0 Å². The van der Waals surface area contributed by atoms with Crippen LogP contribution in [0.3, 0.4) is 0 Å². The summed E-state index contributed by atoms with van der Waals surface area (Å²) in [7, 11) is 1.65. The van der Waals surface area contributed by atoms with Gasteiger partial charge in [-0.15, -0.1) is 0 Å². The van der Waals surface area contributed by atoms with Crippen LogP contribution in [-0.2, 0) is 37.9 Å². The van der Waals surface area contributed by atoms with Gasteiger partial charge in [-0.05, 0) is 11.5 Å². The first-order chi connectivity index (χ1) is 20.2. The van der Waals surface area contributed by atoms with E-state index in [9.17, 15) is 0 Å². The highest BCUT2D eigenvalue weighted by Crippen LogP contribution is 2.25. The maximum Gasteiger partial charge on any atom is 0.127 e. The normalized spacial score (nSPS) is 12.4. The molecule has 0 aliphatic rings. The highest BCUT2D eigenvalue weighted by molar-refractivity contribution is 5.88. The van der Waals surface area contributed by atoms with E-state index in [0.29, 0.717) is 112 Å². The van der Waals surface area contributed by atoms with E-state index in [1.165, 1.54) is 0 Å². The van der Waals surface area contributed by atoms with Crippen molar-refractivity contribution < 1.29 is 42.6 Å². The molecular formula is C31H51NO9. The lowest BCUT2D eigenvalue weighted by Gasteiger charge is -2.21. The Bertz CT molecular complexity index is 865. The quantitative estimate of drug-likeness (QED) is 0.151. The first-order valence-corrected chi connectivity index (χ1v) is 14.6. The van der Waals surface area contributed by atoms with Crippen LogP contribution in [0.1, 0.15) is 13.8 Å². The lowest BCUT2D eigenvalue weighted by atomic mass is 10.1. The van der Waals surface area contributed by atoms with Gasteiger partial charge in [0.2, 0.25) is 0 Å². The van der Waals surface area contributed by atoms with E-state index in [-0.39, 0.29) is 6.10 Å². The van der Waals surface area contributed by atoms with Crippen molar-refractivity contribution in [2.24, 2.45) is 0 Å². The second kappa shape index (κ2) is 24.7. The third-order valence-electron chi connectivity index (χ3n) is 5.80. The van der Waals surface area contributed by atoms with E-state index >= 15 is 0 Å². The maximum atomic E-state index is 6.15. The summed E-state index contributed by atoms with van der Waals surface area (Å²) in [5, 5.41) is 5.70. The van der Waals surface area contributed by atoms with Crippen molar-refractivity contribution in [1.29, 1.82) is 0 Å². The molecule has 0 heterocycles. The zero-order chi connectivity index (χ0) is 29.2. The average Bonchev–Trinajstić information content (AvgIpc) is 2.98. The molecule has 1 N–H and O–H groups in total. The molecule has 0 saturated carbocycles. The Balaban J connectivity index is 1.41. The average molecular weight is 582 g/mol. The zero-order valence-corrected chi connectivity index (χ0v) is 25.2. The van der Waals surface area contributed by atoms with Crippen LogP contribution in [0, 0.1) is 0 Å². The Morgan fingerprint density at radius 1 is 0.585 bits per heavy atom. The summed E-state index contributed by atoms with van der Waals surface area (Å²) in [5.41, 5.74) is 0. The van der Waals surface area contributed by atoms with E-state index in [0.717, 1.165) is 16.5 Å². The second-order valence-electron chi connectivity index (χ2n) is 9.51. The van der Waals surface area contributed by atoms with E-state index in [4.69, 9.17) is 42.6 Å². The number of hydrogen-bond donors (Lipinski definition) is 1. The first kappa shape index (κ1) is 35.3. The van der Waals surface area contributed by atoms with E-state index in [1.54, 1.807) is 7.11 Å². The van der Waals surface area contributed by atoms with Crippen molar-refractivity contribution >= 4 is 10.8 Å². The minimum atomic E-state index is -0.0873. The lowest BCUT2D eigenvalue weighted by Crippen LogP contribution is -2.37. The largest absolute Gasteiger partial charge is 0.490 e. The summed E-state index contributed by atoms with van der Waals surface area (Å²) >= 11 is 0. The Labute approximate surface area is 245 Å². The zero-order valence-electron chi connectivity index (χ0n) is 25.2. The molecule has 1 atom stereocenters. The molecule has 0 radical (unpaired) electrons. The summed E-state index contributed by atoms with van der Waals surface area (Å²) in [6.45, 7) is 12.8. The number of methoxy groups -OCH3 is 1. The number of rotatable bonds is 28. The van der Waals surface area contributed by atoms with Gasteiger partial charge in [-0.2, -0.15) is 0 Å². The molecule has 0 aromatic heterocycles. The topological polar surface area (TPSA) is 95.1 Å². The molecule has 0 spiro atoms. The molecule has 0 unspecified atom stereocenters. The molecule has 0 bridgehead atoms. The van der Waals surface area contributed by atoms with Crippen molar-refractivity contribution in [3.8, 4) is 5.75 Å². The van der Waals surface area contributed by atoms with Crippen molar-refractivity contribution in [3.05, 3.63) is 42.5 Å². The summed E-state index contributed by atoms with van der Waals surface area (Å²) in [4.78, 5) is 0. The fourth-order valence-corrected chi connectivity index (χ4v) is 3.65. The van der Waals surface area contributed by atoms with Crippen LogP contribution in [0.2, 0.25) is 0 Å². The van der Waals surface area contributed by atoms with Crippen LogP contribution in [0.5, 0.6) is 5.75 Å². The fraction of sp³-hybridized carbons (Fsp3) is 0.677. The summed E-state index contributed by atoms with van der Waals surface area (Å²) in [6.07, 6.45) is -0.0873. The molecule has 10 heteroatoms. The minimum absolute atomic E-state index is 0.0873. The summed E-state index contributed by atoms with van der Waals surface area (Å²) < 4.78 is 50.0. The van der Waals surface area contributed by atoms with Crippen LogP contribution in [0.15, 0.2) is 42.5 Å². The van der Waals surface area contributed by atoms with Crippen molar-refractivity contribution in [3.63, 3.8) is 0 Å². The Hall–Kier alpha value is -1.86. The first-order valence-electron chi connectivity index (χ1n) is 14.6. The van der Waals surface area contributed by atoms with Gasteiger partial charge in [0.05, 0.1) is 92.5 Å². The molecule has 0 aliphatic carbocycles. The molecule has 2 rings (SSSR count). The van der Waals surface area contributed by atoms with Crippen LogP contribution < -0.4 is 10.1 Å². The van der Waals surface area contributed by atoms with Crippen LogP contribution in [0.4, 0.5) is 0 Å². The smallest absolute Gasteiger partial charge is 0.127 e. The van der Waals surface area contributed by atoms with E-state index in [2.05, 4.69) is 37.4 Å². The number of benzene rings is 2. The molecule has 2 aromatic rings. The van der Waals surface area contributed by atoms with Gasteiger partial charge in [0.15, 0.2) is 0 Å². The van der Waals surface area contributed by atoms with Gasteiger partial charge in [-0.25, -0.2) is 0 Å². The second-order valence-corrected chi connectivity index (χ2v) is 9.51. The van der Waals surface area contributed by atoms with Gasteiger partial charge in [-0.3, -0.25) is 0 Å². The molecule has 234 valence electrons.